The van der Waals surface area contributed by atoms with Crippen molar-refractivity contribution in [1.29, 1.82) is 0 Å². The van der Waals surface area contributed by atoms with E-state index >= 15 is 0 Å². The summed E-state index contributed by atoms with van der Waals surface area (Å²) in [4.78, 5) is 15.7. The number of methoxy groups -OCH3 is 2. The summed E-state index contributed by atoms with van der Waals surface area (Å²) in [5, 5.41) is 9.03. The Morgan fingerprint density at radius 2 is 1.88 bits per heavy atom. The van der Waals surface area contributed by atoms with Gasteiger partial charge in [-0.15, -0.1) is 0 Å². The Morgan fingerprint density at radius 1 is 1.12 bits per heavy atom. The number of hydrogen-bond acceptors (Lipinski definition) is 4. The van der Waals surface area contributed by atoms with Crippen LogP contribution in [-0.4, -0.2) is 34.8 Å². The Kier molecular flexibility index (Phi) is 4.88. The van der Waals surface area contributed by atoms with E-state index in [4.69, 9.17) is 14.6 Å². The van der Waals surface area contributed by atoms with Crippen LogP contribution >= 0.6 is 0 Å². The highest BCUT2D eigenvalue weighted by Crippen LogP contribution is 2.29. The molecule has 0 aliphatic rings. The molecule has 3 aromatic rings. The summed E-state index contributed by atoms with van der Waals surface area (Å²) in [7, 11) is 3.20. The van der Waals surface area contributed by atoms with Gasteiger partial charge in [-0.05, 0) is 29.8 Å². The number of aryl methyl sites for hydroxylation is 1. The highest BCUT2D eigenvalue weighted by Gasteiger charge is 2.13. The molecule has 0 aliphatic heterocycles. The molecule has 0 saturated heterocycles. The molecule has 0 spiro atoms. The highest BCUT2D eigenvalue weighted by molar-refractivity contribution is 5.76. The minimum Gasteiger partial charge on any atom is -0.493 e. The van der Waals surface area contributed by atoms with Crippen molar-refractivity contribution in [2.24, 2.45) is 0 Å². The third-order valence-corrected chi connectivity index (χ3v) is 4.09. The molecule has 2 aromatic carbocycles. The molecule has 6 nitrogen and oxygen atoms in total. The zero-order chi connectivity index (χ0) is 17.8. The number of carboxylic acid groups (broad SMARTS) is 1. The first kappa shape index (κ1) is 16.8. The fraction of sp³-hybridized carbons (Fsp3) is 0.263. The largest absolute Gasteiger partial charge is 0.493 e. The van der Waals surface area contributed by atoms with E-state index in [1.807, 2.05) is 47.0 Å². The molecule has 0 amide bonds. The van der Waals surface area contributed by atoms with E-state index in [1.165, 1.54) is 0 Å². The van der Waals surface area contributed by atoms with Gasteiger partial charge in [0.05, 0.1) is 31.7 Å². The lowest BCUT2D eigenvalue weighted by Gasteiger charge is -2.11. The van der Waals surface area contributed by atoms with Crippen molar-refractivity contribution in [2.75, 3.05) is 14.2 Å². The predicted molar refractivity (Wildman–Crippen MR) is 94.3 cm³/mol. The maximum Gasteiger partial charge on any atom is 0.305 e. The quantitative estimate of drug-likeness (QED) is 0.715. The molecule has 0 saturated carbocycles. The molecular weight excluding hydrogens is 320 g/mol. The van der Waals surface area contributed by atoms with Gasteiger partial charge in [0, 0.05) is 13.0 Å². The third-order valence-electron chi connectivity index (χ3n) is 4.09. The lowest BCUT2D eigenvalue weighted by Crippen LogP contribution is -2.08. The van der Waals surface area contributed by atoms with E-state index in [0.29, 0.717) is 24.5 Å². The van der Waals surface area contributed by atoms with Gasteiger partial charge in [0.2, 0.25) is 0 Å². The summed E-state index contributed by atoms with van der Waals surface area (Å²) in [5.41, 5.74) is 2.83. The van der Waals surface area contributed by atoms with Gasteiger partial charge in [-0.3, -0.25) is 4.79 Å². The Balaban J connectivity index is 1.97. The molecule has 0 radical (unpaired) electrons. The number of aliphatic carboxylic acids is 1. The molecule has 0 fully saturated rings. The van der Waals surface area contributed by atoms with Gasteiger partial charge in [0.15, 0.2) is 11.5 Å². The normalized spacial score (nSPS) is 10.8. The van der Waals surface area contributed by atoms with E-state index in [2.05, 4.69) is 4.98 Å². The number of carbonyl (C=O) groups is 1. The van der Waals surface area contributed by atoms with Gasteiger partial charge in [-0.1, -0.05) is 18.2 Å². The van der Waals surface area contributed by atoms with Crippen LogP contribution in [0.5, 0.6) is 11.5 Å². The number of hydrogen-bond donors (Lipinski definition) is 1. The number of rotatable bonds is 7. The van der Waals surface area contributed by atoms with Crippen molar-refractivity contribution in [3.05, 3.63) is 53.9 Å². The van der Waals surface area contributed by atoms with Crippen molar-refractivity contribution in [1.82, 2.24) is 9.55 Å². The maximum absolute atomic E-state index is 11.0. The number of imidazole rings is 1. The minimum atomic E-state index is -0.824. The lowest BCUT2D eigenvalue weighted by molar-refractivity contribution is -0.137. The molecule has 1 heterocycles. The molecule has 25 heavy (non-hydrogen) atoms. The molecule has 6 heteroatoms. The second-order valence-electron chi connectivity index (χ2n) is 5.68. The number of para-hydroxylation sites is 2. The molecule has 1 aromatic heterocycles. The fourth-order valence-corrected chi connectivity index (χ4v) is 2.89. The average molecular weight is 340 g/mol. The van der Waals surface area contributed by atoms with Crippen LogP contribution in [0.4, 0.5) is 0 Å². The predicted octanol–water partition coefficient (Wildman–Crippen LogP) is 3.12. The van der Waals surface area contributed by atoms with Crippen LogP contribution < -0.4 is 9.47 Å². The number of aromatic nitrogens is 2. The number of ether oxygens (including phenoxy) is 2. The van der Waals surface area contributed by atoms with Crippen LogP contribution in [0.2, 0.25) is 0 Å². The van der Waals surface area contributed by atoms with E-state index in [0.717, 1.165) is 22.4 Å². The van der Waals surface area contributed by atoms with Crippen molar-refractivity contribution >= 4 is 17.0 Å². The second kappa shape index (κ2) is 7.25. The van der Waals surface area contributed by atoms with E-state index < -0.39 is 5.97 Å². The van der Waals surface area contributed by atoms with Gasteiger partial charge in [0.25, 0.3) is 0 Å². The first-order valence-corrected chi connectivity index (χ1v) is 7.99. The first-order chi connectivity index (χ1) is 12.1. The summed E-state index contributed by atoms with van der Waals surface area (Å²) in [6.45, 7) is 0.387. The molecule has 3 rings (SSSR count). The topological polar surface area (TPSA) is 73.6 Å². The van der Waals surface area contributed by atoms with E-state index in [-0.39, 0.29) is 6.42 Å². The summed E-state index contributed by atoms with van der Waals surface area (Å²) in [6.07, 6.45) is 0.633. The maximum atomic E-state index is 11.0. The van der Waals surface area contributed by atoms with E-state index in [1.54, 1.807) is 14.2 Å². The number of fused-ring (bicyclic) bond motifs is 1. The second-order valence-corrected chi connectivity index (χ2v) is 5.68. The number of carboxylic acids is 1. The molecule has 1 N–H and O–H groups in total. The van der Waals surface area contributed by atoms with Crippen molar-refractivity contribution in [2.45, 2.75) is 19.4 Å². The molecule has 0 unspecified atom stereocenters. The van der Waals surface area contributed by atoms with Crippen LogP contribution in [0.1, 0.15) is 17.8 Å². The average Bonchev–Trinajstić information content (AvgIpc) is 2.96. The van der Waals surface area contributed by atoms with Gasteiger partial charge < -0.3 is 19.1 Å². The van der Waals surface area contributed by atoms with Crippen LogP contribution in [0, 0.1) is 0 Å². The summed E-state index contributed by atoms with van der Waals surface area (Å²) in [5.74, 6) is 1.34. The fourth-order valence-electron chi connectivity index (χ4n) is 2.89. The van der Waals surface area contributed by atoms with Crippen LogP contribution in [-0.2, 0) is 17.8 Å². The Bertz CT molecular complexity index is 902. The van der Waals surface area contributed by atoms with Gasteiger partial charge in [-0.25, -0.2) is 4.98 Å². The van der Waals surface area contributed by atoms with Crippen molar-refractivity contribution < 1.29 is 19.4 Å². The van der Waals surface area contributed by atoms with Crippen LogP contribution in [0.3, 0.4) is 0 Å². The minimum absolute atomic E-state index is 0.0548. The number of benzene rings is 2. The van der Waals surface area contributed by atoms with Crippen LogP contribution in [0.15, 0.2) is 42.5 Å². The van der Waals surface area contributed by atoms with E-state index in [9.17, 15) is 4.79 Å². The molecule has 0 aliphatic carbocycles. The Hall–Kier alpha value is -3.02. The lowest BCUT2D eigenvalue weighted by atomic mass is 10.1. The van der Waals surface area contributed by atoms with Crippen LogP contribution in [0.25, 0.3) is 11.0 Å². The molecule has 0 atom stereocenters. The molecular formula is C19H20N2O4. The standard InChI is InChI=1S/C19H20N2O4/c1-24-16-8-7-13(11-17(16)25-2)12-18-20-14-5-3-4-6-15(14)21(18)10-9-19(22)23/h3-8,11H,9-10,12H2,1-2H3,(H,22,23). The van der Waals surface area contributed by atoms with Gasteiger partial charge >= 0.3 is 5.97 Å². The number of nitrogens with zero attached hydrogens (tertiary/aromatic N) is 2. The molecule has 0 bridgehead atoms. The van der Waals surface area contributed by atoms with Crippen molar-refractivity contribution in [3.8, 4) is 11.5 Å². The van der Waals surface area contributed by atoms with Crippen molar-refractivity contribution in [3.63, 3.8) is 0 Å². The first-order valence-electron chi connectivity index (χ1n) is 7.99. The highest BCUT2D eigenvalue weighted by atomic mass is 16.5. The monoisotopic (exact) mass is 340 g/mol. The van der Waals surface area contributed by atoms with Gasteiger partial charge in [0.1, 0.15) is 5.82 Å². The Morgan fingerprint density at radius 3 is 2.60 bits per heavy atom. The zero-order valence-electron chi connectivity index (χ0n) is 14.2. The van der Waals surface area contributed by atoms with Gasteiger partial charge in [-0.2, -0.15) is 0 Å². The Labute approximate surface area is 145 Å². The summed E-state index contributed by atoms with van der Waals surface area (Å²) in [6, 6.07) is 13.5. The molecule has 130 valence electrons. The zero-order valence-corrected chi connectivity index (χ0v) is 14.2. The SMILES string of the molecule is COc1ccc(Cc2nc3ccccc3n2CCC(=O)O)cc1OC. The third kappa shape index (κ3) is 3.57. The smallest absolute Gasteiger partial charge is 0.305 e. The summed E-state index contributed by atoms with van der Waals surface area (Å²) < 4.78 is 12.6. The summed E-state index contributed by atoms with van der Waals surface area (Å²) >= 11 is 0.